The molecule has 5 N–H and O–H groups in total. The number of methoxy groups -OCH3 is 2. The number of rotatable bonds is 58. The lowest BCUT2D eigenvalue weighted by molar-refractivity contribution is -0.339. The quantitative estimate of drug-likeness (QED) is 0.0189. The third-order valence-electron chi connectivity index (χ3n) is 9.11. The molecule has 0 atom stereocenters. The predicted octanol–water partition coefficient (Wildman–Crippen LogP) is -2.09. The highest BCUT2D eigenvalue weighted by Crippen LogP contribution is 1.99. The van der Waals surface area contributed by atoms with Crippen LogP contribution in [-0.4, -0.2) is 298 Å². The van der Waals surface area contributed by atoms with Crippen molar-refractivity contribution >= 4 is 29.7 Å². The second-order valence-corrected chi connectivity index (χ2v) is 15.1. The summed E-state index contributed by atoms with van der Waals surface area (Å²) in [6.45, 7) is 7.58. The molecule has 0 saturated carbocycles. The van der Waals surface area contributed by atoms with E-state index in [1.54, 1.807) is 14.2 Å². The van der Waals surface area contributed by atoms with E-state index in [0.29, 0.717) is 126 Å². The molecule has 0 fully saturated rings. The molecule has 0 spiro atoms. The molecule has 2 amide bonds. The van der Waals surface area contributed by atoms with Crippen molar-refractivity contribution < 1.29 is 106 Å². The summed E-state index contributed by atoms with van der Waals surface area (Å²) in [5, 5.41) is 33.8. The third-order valence-corrected chi connectivity index (χ3v) is 9.11. The van der Waals surface area contributed by atoms with Gasteiger partial charge in [0.15, 0.2) is 6.79 Å². The molecule has 0 aromatic carbocycles. The van der Waals surface area contributed by atoms with E-state index in [-0.39, 0.29) is 79.0 Å². The molecule has 71 heavy (non-hydrogen) atoms. The fraction of sp³-hybridized carbons (Fsp3) is 0.886. The Morgan fingerprint density at radius 3 is 1.03 bits per heavy atom. The Morgan fingerprint density at radius 2 is 0.648 bits per heavy atom. The molecular formula is C44H85N5O22. The molecule has 0 heterocycles. The molecule has 0 aromatic rings. The molecule has 0 bridgehead atoms. The van der Waals surface area contributed by atoms with Crippen molar-refractivity contribution in [2.75, 3.05) is 238 Å². The highest BCUT2D eigenvalue weighted by atomic mass is 17.2. The summed E-state index contributed by atoms with van der Waals surface area (Å²) in [6.07, 6.45) is 2.71. The van der Waals surface area contributed by atoms with Crippen LogP contribution in [0.4, 0.5) is 0 Å². The Bertz CT molecular complexity index is 1180. The molecule has 0 aromatic heterocycles. The van der Waals surface area contributed by atoms with Gasteiger partial charge in [-0.2, -0.15) is 0 Å². The van der Waals surface area contributed by atoms with Gasteiger partial charge in [-0.1, -0.05) is 0 Å². The molecule has 0 aliphatic carbocycles. The first-order chi connectivity index (χ1) is 34.6. The number of carboxylic acids is 3. The summed E-state index contributed by atoms with van der Waals surface area (Å²) >= 11 is 0. The summed E-state index contributed by atoms with van der Waals surface area (Å²) < 4.78 is 64.1. The van der Waals surface area contributed by atoms with Gasteiger partial charge in [0.2, 0.25) is 11.8 Å². The maximum Gasteiger partial charge on any atom is 0.317 e. The first kappa shape index (κ1) is 67.7. The van der Waals surface area contributed by atoms with Crippen molar-refractivity contribution in [1.29, 1.82) is 0 Å². The Balaban J connectivity index is 4.22. The molecule has 418 valence electrons. The van der Waals surface area contributed by atoms with E-state index in [1.165, 1.54) is 14.7 Å². The first-order valence-corrected chi connectivity index (χ1v) is 23.9. The highest BCUT2D eigenvalue weighted by Gasteiger charge is 2.20. The number of nitrogens with zero attached hydrogens (tertiary/aromatic N) is 3. The van der Waals surface area contributed by atoms with Crippen molar-refractivity contribution in [2.24, 2.45) is 0 Å². The number of carbonyl (C=O) groups is 5. The number of aliphatic carboxylic acids is 3. The topological polar surface area (TPSA) is 309 Å². The molecule has 0 radical (unpaired) electrons. The summed E-state index contributed by atoms with van der Waals surface area (Å²) in [6, 6.07) is 0. The highest BCUT2D eigenvalue weighted by molar-refractivity contribution is 5.79. The van der Waals surface area contributed by atoms with Gasteiger partial charge < -0.3 is 82.8 Å². The number of hydrogen-bond acceptors (Lipinski definition) is 22. The lowest BCUT2D eigenvalue weighted by atomic mass is 10.2. The van der Waals surface area contributed by atoms with Gasteiger partial charge in [0.1, 0.15) is 6.61 Å². The lowest BCUT2D eigenvalue weighted by Gasteiger charge is -2.28. The molecular weight excluding hydrogens is 950 g/mol. The molecule has 0 aliphatic heterocycles. The molecule has 27 nitrogen and oxygen atoms in total. The van der Waals surface area contributed by atoms with E-state index in [4.69, 9.17) is 66.6 Å². The lowest BCUT2D eigenvalue weighted by Crippen LogP contribution is -2.47. The Kier molecular flexibility index (Phi) is 50.5. The monoisotopic (exact) mass is 1040 g/mol. The zero-order chi connectivity index (χ0) is 52.1. The summed E-state index contributed by atoms with van der Waals surface area (Å²) in [4.78, 5) is 74.0. The Hall–Kier alpha value is -3.33. The van der Waals surface area contributed by atoms with E-state index >= 15 is 0 Å². The summed E-state index contributed by atoms with van der Waals surface area (Å²) in [7, 11) is 3.19. The van der Waals surface area contributed by atoms with Crippen LogP contribution in [0.2, 0.25) is 0 Å². The van der Waals surface area contributed by atoms with Gasteiger partial charge in [-0.15, -0.1) is 0 Å². The van der Waals surface area contributed by atoms with E-state index in [0.717, 1.165) is 19.3 Å². The SMILES string of the molecule is COCCOCCOCCOCCOCCOCCOCCNC(=O)CN(CCN(CCN(CC(=O)O)CC(=O)NCCOCCOCCOCCCCCOCOOCCOC)CC(=O)O)CC(=O)O. The zero-order valence-electron chi connectivity index (χ0n) is 42.1. The van der Waals surface area contributed by atoms with Gasteiger partial charge in [-0.05, 0) is 19.3 Å². The minimum Gasteiger partial charge on any atom is -0.480 e. The van der Waals surface area contributed by atoms with Crippen molar-refractivity contribution in [2.45, 2.75) is 19.3 Å². The van der Waals surface area contributed by atoms with Crippen LogP contribution in [0.5, 0.6) is 0 Å². The van der Waals surface area contributed by atoms with Gasteiger partial charge >= 0.3 is 17.9 Å². The van der Waals surface area contributed by atoms with Crippen molar-refractivity contribution in [1.82, 2.24) is 25.3 Å². The number of carboxylic acid groups (broad SMARTS) is 3. The number of amides is 2. The van der Waals surface area contributed by atoms with Crippen molar-refractivity contribution in [3.63, 3.8) is 0 Å². The Labute approximate surface area is 418 Å². The van der Waals surface area contributed by atoms with Crippen LogP contribution in [-0.2, 0) is 90.6 Å². The second kappa shape index (κ2) is 53.0. The summed E-state index contributed by atoms with van der Waals surface area (Å²) in [5.41, 5.74) is 0. The van der Waals surface area contributed by atoms with E-state index in [9.17, 15) is 39.3 Å². The van der Waals surface area contributed by atoms with Crippen molar-refractivity contribution in [3.05, 3.63) is 0 Å². The van der Waals surface area contributed by atoms with Crippen LogP contribution in [0.15, 0.2) is 0 Å². The second-order valence-electron chi connectivity index (χ2n) is 15.1. The largest absolute Gasteiger partial charge is 0.480 e. The third kappa shape index (κ3) is 52.8. The van der Waals surface area contributed by atoms with Crippen LogP contribution in [0.3, 0.4) is 0 Å². The van der Waals surface area contributed by atoms with Crippen LogP contribution in [0.1, 0.15) is 19.3 Å². The first-order valence-electron chi connectivity index (χ1n) is 23.9. The average Bonchev–Trinajstić information content (AvgIpc) is 3.32. The van der Waals surface area contributed by atoms with E-state index in [1.807, 2.05) is 0 Å². The maximum absolute atomic E-state index is 12.6. The van der Waals surface area contributed by atoms with Crippen LogP contribution in [0, 0.1) is 0 Å². The van der Waals surface area contributed by atoms with Gasteiger partial charge in [0, 0.05) is 66.7 Å². The van der Waals surface area contributed by atoms with Gasteiger partial charge in [-0.25, -0.2) is 9.78 Å². The average molecular weight is 1040 g/mol. The van der Waals surface area contributed by atoms with Gasteiger partial charge in [-0.3, -0.25) is 38.7 Å². The predicted molar refractivity (Wildman–Crippen MR) is 251 cm³/mol. The molecule has 0 unspecified atom stereocenters. The molecule has 0 aliphatic rings. The van der Waals surface area contributed by atoms with E-state index < -0.39 is 49.4 Å². The molecule has 0 saturated heterocycles. The van der Waals surface area contributed by atoms with Crippen LogP contribution >= 0.6 is 0 Å². The van der Waals surface area contributed by atoms with Crippen molar-refractivity contribution in [3.8, 4) is 0 Å². The maximum atomic E-state index is 12.6. The number of carbonyl (C=O) groups excluding carboxylic acids is 2. The fourth-order valence-corrected chi connectivity index (χ4v) is 5.65. The number of unbranched alkanes of at least 4 members (excludes halogenated alkanes) is 2. The van der Waals surface area contributed by atoms with E-state index in [2.05, 4.69) is 10.6 Å². The normalized spacial score (nSPS) is 11.6. The smallest absolute Gasteiger partial charge is 0.317 e. The van der Waals surface area contributed by atoms with Crippen LogP contribution in [0.25, 0.3) is 0 Å². The standard InChI is InChI=1S/C44H85N5O22/c1-58-16-18-63-25-26-66-29-30-68-32-31-67-28-27-65-24-21-62-15-7-46-41(51)35-49(38-44(56)57)11-9-47(36-42(52)53)8-10-48(37-43(54)55)34-40(50)45-6-14-61-20-23-64-22-19-60-12-4-3-5-13-69-39-71-70-33-17-59-2/h3-39H2,1-2H3,(H,45,50)(H,46,51)(H,52,53)(H,54,55)(H,56,57). The summed E-state index contributed by atoms with van der Waals surface area (Å²) in [5.74, 6) is -4.45. The van der Waals surface area contributed by atoms with Gasteiger partial charge in [0.25, 0.3) is 0 Å². The van der Waals surface area contributed by atoms with Gasteiger partial charge in [0.05, 0.1) is 158 Å². The molecule has 27 heteroatoms. The fourth-order valence-electron chi connectivity index (χ4n) is 5.65. The minimum atomic E-state index is -1.19. The number of nitrogens with one attached hydrogen (secondary N) is 2. The number of hydrogen-bond donors (Lipinski definition) is 5. The van der Waals surface area contributed by atoms with Crippen LogP contribution < -0.4 is 10.6 Å². The Morgan fingerprint density at radius 1 is 0.338 bits per heavy atom. The number of ether oxygens (including phenoxy) is 12. The minimum absolute atomic E-state index is 0.0132. The zero-order valence-corrected chi connectivity index (χ0v) is 42.1. The molecule has 0 rings (SSSR count).